The van der Waals surface area contributed by atoms with E-state index >= 15 is 0 Å². The minimum absolute atomic E-state index is 0.198. The fourth-order valence-electron chi connectivity index (χ4n) is 2.41. The highest BCUT2D eigenvalue weighted by Crippen LogP contribution is 2.23. The van der Waals surface area contributed by atoms with Gasteiger partial charge in [-0.05, 0) is 30.3 Å². The number of amides is 1. The number of fused-ring (bicyclic) bond motifs is 1. The van der Waals surface area contributed by atoms with E-state index in [2.05, 4.69) is 9.71 Å². The molecule has 0 saturated carbocycles. The first-order chi connectivity index (χ1) is 11.8. The van der Waals surface area contributed by atoms with Gasteiger partial charge in [-0.25, -0.2) is 13.4 Å². The Labute approximate surface area is 150 Å². The van der Waals surface area contributed by atoms with Crippen LogP contribution in [0.1, 0.15) is 15.4 Å². The quantitative estimate of drug-likeness (QED) is 0.744. The van der Waals surface area contributed by atoms with Crippen LogP contribution in [0.3, 0.4) is 0 Å². The second-order valence-electron chi connectivity index (χ2n) is 5.69. The van der Waals surface area contributed by atoms with Crippen LogP contribution in [0, 0.1) is 0 Å². The van der Waals surface area contributed by atoms with E-state index in [9.17, 15) is 13.2 Å². The Bertz CT molecular complexity index is 995. The Hall–Kier alpha value is -2.45. The molecule has 1 heterocycles. The number of carbonyl (C=O) groups excluding carboxylic acids is 1. The molecule has 0 fully saturated rings. The third-order valence-electron chi connectivity index (χ3n) is 3.47. The van der Waals surface area contributed by atoms with Gasteiger partial charge in [-0.1, -0.05) is 18.2 Å². The number of benzene rings is 2. The van der Waals surface area contributed by atoms with E-state index in [-0.39, 0.29) is 5.91 Å². The number of thiazole rings is 1. The van der Waals surface area contributed by atoms with Crippen molar-refractivity contribution in [2.45, 2.75) is 6.54 Å². The van der Waals surface area contributed by atoms with Crippen molar-refractivity contribution in [2.24, 2.45) is 0 Å². The van der Waals surface area contributed by atoms with Gasteiger partial charge in [-0.3, -0.25) is 9.52 Å². The Morgan fingerprint density at radius 3 is 2.68 bits per heavy atom. The number of nitrogens with zero attached hydrogens (tertiary/aromatic N) is 2. The maximum absolute atomic E-state index is 12.6. The molecule has 0 atom stereocenters. The van der Waals surface area contributed by atoms with Gasteiger partial charge in [0.05, 0.1) is 23.0 Å². The SMILES string of the molecule is CN(Cc1nc2ccccc2s1)C(=O)c1cccc(NS(C)(=O)=O)c1. The van der Waals surface area contributed by atoms with Crippen LogP contribution >= 0.6 is 11.3 Å². The molecule has 0 unspecified atom stereocenters. The van der Waals surface area contributed by atoms with Crippen LogP contribution in [0.2, 0.25) is 0 Å². The Morgan fingerprint density at radius 1 is 1.20 bits per heavy atom. The van der Waals surface area contributed by atoms with Crippen LogP contribution in [0.4, 0.5) is 5.69 Å². The van der Waals surface area contributed by atoms with Gasteiger partial charge in [-0.15, -0.1) is 11.3 Å². The molecule has 1 amide bonds. The van der Waals surface area contributed by atoms with Crippen LogP contribution in [0.5, 0.6) is 0 Å². The summed E-state index contributed by atoms with van der Waals surface area (Å²) in [5.74, 6) is -0.198. The van der Waals surface area contributed by atoms with Crippen molar-refractivity contribution in [3.8, 4) is 0 Å². The number of hydrogen-bond donors (Lipinski definition) is 1. The summed E-state index contributed by atoms with van der Waals surface area (Å²) in [6.07, 6.45) is 1.07. The van der Waals surface area contributed by atoms with E-state index < -0.39 is 10.0 Å². The number of aromatic nitrogens is 1. The zero-order valence-electron chi connectivity index (χ0n) is 13.8. The molecule has 0 bridgehead atoms. The summed E-state index contributed by atoms with van der Waals surface area (Å²) < 4.78 is 26.1. The highest BCUT2D eigenvalue weighted by molar-refractivity contribution is 7.92. The normalized spacial score (nSPS) is 11.4. The number of para-hydroxylation sites is 1. The van der Waals surface area contributed by atoms with Crippen LogP contribution < -0.4 is 4.72 Å². The zero-order valence-corrected chi connectivity index (χ0v) is 15.4. The topological polar surface area (TPSA) is 79.4 Å². The Balaban J connectivity index is 1.76. The van der Waals surface area contributed by atoms with Crippen molar-refractivity contribution in [1.29, 1.82) is 0 Å². The molecule has 6 nitrogen and oxygen atoms in total. The molecule has 1 N–H and O–H groups in total. The Morgan fingerprint density at radius 2 is 1.96 bits per heavy atom. The molecule has 0 aliphatic rings. The molecule has 2 aromatic carbocycles. The Kier molecular flexibility index (Phi) is 4.73. The lowest BCUT2D eigenvalue weighted by Crippen LogP contribution is -2.26. The monoisotopic (exact) mass is 375 g/mol. The van der Waals surface area contributed by atoms with Gasteiger partial charge in [0.2, 0.25) is 10.0 Å². The first kappa shape index (κ1) is 17.4. The second-order valence-corrected chi connectivity index (χ2v) is 8.56. The van der Waals surface area contributed by atoms with E-state index in [1.54, 1.807) is 41.5 Å². The van der Waals surface area contributed by atoms with E-state index in [0.717, 1.165) is 21.5 Å². The van der Waals surface area contributed by atoms with Crippen molar-refractivity contribution in [3.63, 3.8) is 0 Å². The lowest BCUT2D eigenvalue weighted by molar-refractivity contribution is 0.0785. The van der Waals surface area contributed by atoms with Gasteiger partial charge in [0, 0.05) is 18.3 Å². The van der Waals surface area contributed by atoms with Gasteiger partial charge in [-0.2, -0.15) is 0 Å². The van der Waals surface area contributed by atoms with Gasteiger partial charge in [0.1, 0.15) is 5.01 Å². The molecule has 8 heteroatoms. The molecule has 0 aliphatic heterocycles. The van der Waals surface area contributed by atoms with Crippen LogP contribution in [-0.2, 0) is 16.6 Å². The van der Waals surface area contributed by atoms with Crippen molar-refractivity contribution >= 4 is 43.2 Å². The molecule has 0 spiro atoms. The maximum Gasteiger partial charge on any atom is 0.254 e. The summed E-state index contributed by atoms with van der Waals surface area (Å²) >= 11 is 1.55. The third-order valence-corrected chi connectivity index (χ3v) is 5.10. The average Bonchev–Trinajstić information content (AvgIpc) is 2.95. The van der Waals surface area contributed by atoms with E-state index in [1.165, 1.54) is 6.07 Å². The lowest BCUT2D eigenvalue weighted by atomic mass is 10.2. The van der Waals surface area contributed by atoms with Crippen molar-refractivity contribution in [3.05, 3.63) is 59.1 Å². The first-order valence-corrected chi connectivity index (χ1v) is 10.2. The largest absolute Gasteiger partial charge is 0.335 e. The molecular formula is C17H17N3O3S2. The summed E-state index contributed by atoms with van der Waals surface area (Å²) in [4.78, 5) is 18.7. The number of sulfonamides is 1. The fraction of sp³-hybridized carbons (Fsp3) is 0.176. The molecule has 3 rings (SSSR count). The molecule has 0 radical (unpaired) electrons. The lowest BCUT2D eigenvalue weighted by Gasteiger charge is -2.16. The molecule has 1 aromatic heterocycles. The fourth-order valence-corrected chi connectivity index (χ4v) is 3.99. The van der Waals surface area contributed by atoms with Crippen LogP contribution in [0.25, 0.3) is 10.2 Å². The average molecular weight is 375 g/mol. The van der Waals surface area contributed by atoms with Gasteiger partial charge in [0.25, 0.3) is 5.91 Å². The zero-order chi connectivity index (χ0) is 18.0. The standard InChI is InChI=1S/C17H17N3O3S2/c1-20(11-16-18-14-8-3-4-9-15(14)24-16)17(21)12-6-5-7-13(10-12)19-25(2,22)23/h3-10,19H,11H2,1-2H3. The van der Waals surface area contributed by atoms with Crippen molar-refractivity contribution in [2.75, 3.05) is 18.0 Å². The summed E-state index contributed by atoms with van der Waals surface area (Å²) in [7, 11) is -1.69. The molecule has 0 aliphatic carbocycles. The smallest absolute Gasteiger partial charge is 0.254 e. The number of nitrogens with one attached hydrogen (secondary N) is 1. The molecule has 0 saturated heterocycles. The van der Waals surface area contributed by atoms with Gasteiger partial charge >= 0.3 is 0 Å². The van der Waals surface area contributed by atoms with Gasteiger partial charge in [0.15, 0.2) is 0 Å². The minimum Gasteiger partial charge on any atom is -0.335 e. The first-order valence-electron chi connectivity index (χ1n) is 7.49. The summed E-state index contributed by atoms with van der Waals surface area (Å²) in [5, 5.41) is 0.850. The van der Waals surface area contributed by atoms with E-state index in [4.69, 9.17) is 0 Å². The molecule has 130 valence electrons. The third kappa shape index (κ3) is 4.34. The van der Waals surface area contributed by atoms with E-state index in [1.807, 2.05) is 24.3 Å². The molecule has 3 aromatic rings. The van der Waals surface area contributed by atoms with Crippen molar-refractivity contribution < 1.29 is 13.2 Å². The number of hydrogen-bond acceptors (Lipinski definition) is 5. The number of rotatable bonds is 5. The predicted octanol–water partition coefficient (Wildman–Crippen LogP) is 2.94. The van der Waals surface area contributed by atoms with Crippen LogP contribution in [-0.4, -0.2) is 37.5 Å². The number of anilines is 1. The van der Waals surface area contributed by atoms with Gasteiger partial charge < -0.3 is 4.90 Å². The predicted molar refractivity (Wildman–Crippen MR) is 100 cm³/mol. The summed E-state index contributed by atoms with van der Waals surface area (Å²) in [6, 6.07) is 14.3. The number of carbonyl (C=O) groups is 1. The second kappa shape index (κ2) is 6.81. The summed E-state index contributed by atoms with van der Waals surface area (Å²) in [6.45, 7) is 0.391. The van der Waals surface area contributed by atoms with Crippen LogP contribution in [0.15, 0.2) is 48.5 Å². The highest BCUT2D eigenvalue weighted by Gasteiger charge is 2.15. The van der Waals surface area contributed by atoms with E-state index in [0.29, 0.717) is 17.8 Å². The molecule has 25 heavy (non-hydrogen) atoms. The summed E-state index contributed by atoms with van der Waals surface area (Å²) in [5.41, 5.74) is 1.70. The molecular weight excluding hydrogens is 358 g/mol. The maximum atomic E-state index is 12.6. The van der Waals surface area contributed by atoms with Crippen molar-refractivity contribution in [1.82, 2.24) is 9.88 Å². The minimum atomic E-state index is -3.39. The highest BCUT2D eigenvalue weighted by atomic mass is 32.2.